The summed E-state index contributed by atoms with van der Waals surface area (Å²) in [5.41, 5.74) is 6.43. The second-order valence-corrected chi connectivity index (χ2v) is 9.36. The molecule has 0 aliphatic heterocycles. The molecule has 5 rings (SSSR count). The minimum absolute atomic E-state index is 0.171. The lowest BCUT2D eigenvalue weighted by Gasteiger charge is -2.15. The lowest BCUT2D eigenvalue weighted by Crippen LogP contribution is -2.05. The second-order valence-electron chi connectivity index (χ2n) is 8.22. The van der Waals surface area contributed by atoms with Crippen LogP contribution in [0.25, 0.3) is 22.3 Å². The number of nitrogens with zero attached hydrogens (tertiary/aromatic N) is 3. The van der Waals surface area contributed by atoms with Gasteiger partial charge in [-0.25, -0.2) is 9.97 Å². The van der Waals surface area contributed by atoms with E-state index in [1.807, 2.05) is 0 Å². The Morgan fingerprint density at radius 2 is 2.07 bits per heavy atom. The molecule has 0 saturated heterocycles. The predicted molar refractivity (Wildman–Crippen MR) is 120 cm³/mol. The van der Waals surface area contributed by atoms with Crippen molar-refractivity contribution in [3.63, 3.8) is 0 Å². The lowest BCUT2D eigenvalue weighted by atomic mass is 9.90. The maximum Gasteiger partial charge on any atom is 0.173 e. The molecule has 0 bridgehead atoms. The average molecular weight is 417 g/mol. The summed E-state index contributed by atoms with van der Waals surface area (Å²) in [6.45, 7) is 4.25. The fourth-order valence-electron chi connectivity index (χ4n) is 4.49. The van der Waals surface area contributed by atoms with Crippen LogP contribution in [0.2, 0.25) is 0 Å². The van der Waals surface area contributed by atoms with Gasteiger partial charge in [0.1, 0.15) is 6.33 Å². The van der Waals surface area contributed by atoms with E-state index >= 15 is 0 Å². The van der Waals surface area contributed by atoms with Crippen LogP contribution >= 0.6 is 11.3 Å². The summed E-state index contributed by atoms with van der Waals surface area (Å²) in [7, 11) is 0. The molecule has 0 fully saturated rings. The van der Waals surface area contributed by atoms with E-state index in [2.05, 4.69) is 58.3 Å². The largest absolute Gasteiger partial charge is 0.293 e. The molecule has 1 unspecified atom stereocenters. The predicted octanol–water partition coefficient (Wildman–Crippen LogP) is 5.65. The fraction of sp³-hybridized carbons (Fsp3) is 0.333. The van der Waals surface area contributed by atoms with E-state index < -0.39 is 0 Å². The minimum atomic E-state index is 0.171. The third-order valence-electron chi connectivity index (χ3n) is 6.09. The molecule has 0 radical (unpaired) electrons. The Morgan fingerprint density at radius 3 is 2.90 bits per heavy atom. The minimum Gasteiger partial charge on any atom is -0.293 e. The van der Waals surface area contributed by atoms with E-state index in [9.17, 15) is 4.79 Å². The molecular weight excluding hydrogens is 392 g/mol. The molecule has 3 heterocycles. The maximum atomic E-state index is 12.9. The van der Waals surface area contributed by atoms with E-state index in [4.69, 9.17) is 0 Å². The molecule has 1 atom stereocenters. The summed E-state index contributed by atoms with van der Waals surface area (Å²) in [6.07, 6.45) is 8.62. The normalized spacial score (nSPS) is 14.6. The number of carbonyl (C=O) groups is 1. The van der Waals surface area contributed by atoms with E-state index in [-0.39, 0.29) is 11.7 Å². The standard InChI is InChI=1S/C24H24N4OS/c1-14-9-17(23-19-12-27-28-24(19)26-13-25-23)7-8-18(14)15(2)10-20(29)22-11-16-5-3-4-6-21(16)30-22/h7-9,11-13,15H,3-6,10H2,1-2H3,(H,25,26,27,28). The van der Waals surface area contributed by atoms with Crippen LogP contribution in [0.15, 0.2) is 36.8 Å². The van der Waals surface area contributed by atoms with Gasteiger partial charge in [0.25, 0.3) is 0 Å². The van der Waals surface area contributed by atoms with Crippen LogP contribution in [-0.4, -0.2) is 25.9 Å². The Morgan fingerprint density at radius 1 is 1.20 bits per heavy atom. The van der Waals surface area contributed by atoms with Gasteiger partial charge < -0.3 is 0 Å². The van der Waals surface area contributed by atoms with Crippen molar-refractivity contribution in [2.24, 2.45) is 0 Å². The van der Waals surface area contributed by atoms with Crippen LogP contribution in [0.5, 0.6) is 0 Å². The average Bonchev–Trinajstić information content (AvgIpc) is 3.40. The number of ketones is 1. The number of carbonyl (C=O) groups excluding carboxylic acids is 1. The van der Waals surface area contributed by atoms with Crippen molar-refractivity contribution in [1.82, 2.24) is 20.2 Å². The molecule has 1 aliphatic carbocycles. The van der Waals surface area contributed by atoms with Gasteiger partial charge in [-0.2, -0.15) is 5.10 Å². The first-order chi connectivity index (χ1) is 14.6. The molecule has 0 saturated carbocycles. The van der Waals surface area contributed by atoms with Crippen molar-refractivity contribution in [1.29, 1.82) is 0 Å². The summed E-state index contributed by atoms with van der Waals surface area (Å²) < 4.78 is 0. The number of benzene rings is 1. The Hall–Kier alpha value is -2.86. The summed E-state index contributed by atoms with van der Waals surface area (Å²) in [5.74, 6) is 0.436. The summed E-state index contributed by atoms with van der Waals surface area (Å²) in [5, 5.41) is 7.88. The van der Waals surface area contributed by atoms with E-state index in [0.29, 0.717) is 6.42 Å². The highest BCUT2D eigenvalue weighted by atomic mass is 32.1. The van der Waals surface area contributed by atoms with Gasteiger partial charge in [-0.3, -0.25) is 9.89 Å². The van der Waals surface area contributed by atoms with Crippen molar-refractivity contribution < 1.29 is 4.79 Å². The van der Waals surface area contributed by atoms with Gasteiger partial charge in [0, 0.05) is 16.9 Å². The topological polar surface area (TPSA) is 71.5 Å². The first-order valence-corrected chi connectivity index (χ1v) is 11.3. The van der Waals surface area contributed by atoms with Crippen LogP contribution in [0.3, 0.4) is 0 Å². The zero-order valence-corrected chi connectivity index (χ0v) is 18.1. The molecule has 5 nitrogen and oxygen atoms in total. The van der Waals surface area contributed by atoms with Gasteiger partial charge >= 0.3 is 0 Å². The van der Waals surface area contributed by atoms with Crippen molar-refractivity contribution >= 4 is 28.2 Å². The number of thiophene rings is 1. The Bertz CT molecular complexity index is 1220. The molecule has 6 heteroatoms. The second kappa shape index (κ2) is 7.76. The molecule has 1 aliphatic rings. The molecular formula is C24H24N4OS. The van der Waals surface area contributed by atoms with E-state index in [0.717, 1.165) is 40.0 Å². The number of fused-ring (bicyclic) bond motifs is 2. The lowest BCUT2D eigenvalue weighted by molar-refractivity contribution is 0.0979. The number of nitrogens with one attached hydrogen (secondary N) is 1. The molecule has 1 N–H and O–H groups in total. The van der Waals surface area contributed by atoms with Gasteiger partial charge in [0.05, 0.1) is 22.2 Å². The fourth-order valence-corrected chi connectivity index (χ4v) is 5.69. The van der Waals surface area contributed by atoms with Crippen LogP contribution < -0.4 is 0 Å². The van der Waals surface area contributed by atoms with Gasteiger partial charge in [0.2, 0.25) is 0 Å². The molecule has 4 aromatic rings. The summed E-state index contributed by atoms with van der Waals surface area (Å²) in [6, 6.07) is 8.52. The van der Waals surface area contributed by atoms with Gasteiger partial charge in [-0.05, 0) is 67.3 Å². The Labute approximate surface area is 179 Å². The SMILES string of the molecule is Cc1cc(-c2ncnc3[nH]ncc23)ccc1C(C)CC(=O)c1cc2c(s1)CCCC2. The van der Waals surface area contributed by atoms with Crippen molar-refractivity contribution in [2.75, 3.05) is 0 Å². The number of hydrogen-bond donors (Lipinski definition) is 1. The van der Waals surface area contributed by atoms with Crippen molar-refractivity contribution in [3.05, 3.63) is 63.2 Å². The molecule has 1 aromatic carbocycles. The van der Waals surface area contributed by atoms with E-state index in [1.54, 1.807) is 23.9 Å². The molecule has 30 heavy (non-hydrogen) atoms. The Kier molecular flexibility index (Phi) is 4.95. The quantitative estimate of drug-likeness (QED) is 0.427. The van der Waals surface area contributed by atoms with Crippen LogP contribution in [0.4, 0.5) is 0 Å². The number of aromatic nitrogens is 4. The summed E-state index contributed by atoms with van der Waals surface area (Å²) >= 11 is 1.71. The first-order valence-electron chi connectivity index (χ1n) is 10.5. The first kappa shape index (κ1) is 19.1. The third kappa shape index (κ3) is 3.45. The van der Waals surface area contributed by atoms with Crippen LogP contribution in [-0.2, 0) is 12.8 Å². The highest BCUT2D eigenvalue weighted by Crippen LogP contribution is 2.33. The van der Waals surface area contributed by atoms with E-state index in [1.165, 1.54) is 34.4 Å². The number of hydrogen-bond acceptors (Lipinski definition) is 5. The number of aryl methyl sites for hydroxylation is 3. The van der Waals surface area contributed by atoms with Gasteiger partial charge in [-0.1, -0.05) is 19.1 Å². The molecule has 0 spiro atoms. The maximum absolute atomic E-state index is 12.9. The number of H-pyrrole nitrogens is 1. The highest BCUT2D eigenvalue weighted by Gasteiger charge is 2.20. The molecule has 0 amide bonds. The smallest absolute Gasteiger partial charge is 0.173 e. The highest BCUT2D eigenvalue weighted by molar-refractivity contribution is 7.14. The third-order valence-corrected chi connectivity index (χ3v) is 7.36. The summed E-state index contributed by atoms with van der Waals surface area (Å²) in [4.78, 5) is 24.0. The monoisotopic (exact) mass is 416 g/mol. The number of Topliss-reactive ketones (excluding diaryl/α,β-unsaturated/α-hetero) is 1. The van der Waals surface area contributed by atoms with Crippen LogP contribution in [0, 0.1) is 6.92 Å². The number of rotatable bonds is 5. The Balaban J connectivity index is 1.37. The zero-order chi connectivity index (χ0) is 20.7. The van der Waals surface area contributed by atoms with Gasteiger partial charge in [-0.15, -0.1) is 11.3 Å². The molecule has 152 valence electrons. The van der Waals surface area contributed by atoms with Crippen molar-refractivity contribution in [3.8, 4) is 11.3 Å². The zero-order valence-electron chi connectivity index (χ0n) is 17.2. The number of aromatic amines is 1. The van der Waals surface area contributed by atoms with Gasteiger partial charge in [0.15, 0.2) is 11.4 Å². The van der Waals surface area contributed by atoms with Crippen molar-refractivity contribution in [2.45, 2.75) is 51.9 Å². The van der Waals surface area contributed by atoms with Crippen LogP contribution in [0.1, 0.15) is 63.3 Å². The molecule has 3 aromatic heterocycles.